The molecule has 0 aliphatic carbocycles. The Kier molecular flexibility index (Phi) is 4.53. The van der Waals surface area contributed by atoms with Crippen molar-refractivity contribution in [3.63, 3.8) is 0 Å². The lowest BCUT2D eigenvalue weighted by Crippen LogP contribution is -2.20. The first-order valence-electron chi connectivity index (χ1n) is 9.38. The zero-order valence-electron chi connectivity index (χ0n) is 16.1. The molecule has 1 N–H and O–H groups in total. The van der Waals surface area contributed by atoms with Gasteiger partial charge in [-0.25, -0.2) is 14.2 Å². The SMILES string of the molecule is O=c1c2ccccc2c(C=Nc2ccc(-n3cnnn3)cc2)c(O)n1-c1ccccn1. The summed E-state index contributed by atoms with van der Waals surface area (Å²) in [4.78, 5) is 21.7. The summed E-state index contributed by atoms with van der Waals surface area (Å²) in [6, 6.07) is 19.5. The molecule has 0 aliphatic heterocycles. The Bertz CT molecular complexity index is 1440. The van der Waals surface area contributed by atoms with Crippen molar-refractivity contribution in [3.8, 4) is 17.4 Å². The van der Waals surface area contributed by atoms with Crippen molar-refractivity contribution in [2.45, 2.75) is 0 Å². The number of aromatic hydroxyl groups is 1. The predicted octanol–water partition coefficient (Wildman–Crippen LogP) is 2.82. The molecule has 0 saturated heterocycles. The van der Waals surface area contributed by atoms with E-state index in [2.05, 4.69) is 25.5 Å². The number of nitrogens with zero attached hydrogens (tertiary/aromatic N) is 7. The molecule has 0 fully saturated rings. The summed E-state index contributed by atoms with van der Waals surface area (Å²) in [5.41, 5.74) is 1.52. The minimum atomic E-state index is -0.352. The average molecular weight is 409 g/mol. The van der Waals surface area contributed by atoms with Crippen molar-refractivity contribution in [1.29, 1.82) is 0 Å². The van der Waals surface area contributed by atoms with Gasteiger partial charge in [-0.3, -0.25) is 9.79 Å². The van der Waals surface area contributed by atoms with Crippen molar-refractivity contribution in [3.05, 3.63) is 95.2 Å². The molecule has 0 radical (unpaired) electrons. The fourth-order valence-electron chi connectivity index (χ4n) is 3.30. The molecule has 5 aromatic rings. The van der Waals surface area contributed by atoms with Crippen LogP contribution in [0.5, 0.6) is 5.88 Å². The summed E-state index contributed by atoms with van der Waals surface area (Å²) in [7, 11) is 0. The van der Waals surface area contributed by atoms with Crippen LogP contribution in [0, 0.1) is 0 Å². The average Bonchev–Trinajstić information content (AvgIpc) is 3.35. The summed E-state index contributed by atoms with van der Waals surface area (Å²) >= 11 is 0. The molecule has 0 saturated carbocycles. The Hall–Kier alpha value is -4.66. The highest BCUT2D eigenvalue weighted by molar-refractivity contribution is 6.02. The van der Waals surface area contributed by atoms with Gasteiger partial charge in [-0.2, -0.15) is 0 Å². The molecule has 150 valence electrons. The lowest BCUT2D eigenvalue weighted by molar-refractivity contribution is 0.435. The summed E-state index contributed by atoms with van der Waals surface area (Å²) in [5.74, 6) is 0.104. The molecule has 0 aliphatic rings. The number of hydrogen-bond donors (Lipinski definition) is 1. The Labute approximate surface area is 175 Å². The van der Waals surface area contributed by atoms with Crippen LogP contribution in [0.3, 0.4) is 0 Å². The van der Waals surface area contributed by atoms with E-state index >= 15 is 0 Å². The van der Waals surface area contributed by atoms with E-state index in [0.29, 0.717) is 27.8 Å². The summed E-state index contributed by atoms with van der Waals surface area (Å²) < 4.78 is 2.72. The van der Waals surface area contributed by atoms with Crippen LogP contribution in [0.15, 0.2) is 89.0 Å². The predicted molar refractivity (Wildman–Crippen MR) is 115 cm³/mol. The van der Waals surface area contributed by atoms with Crippen molar-refractivity contribution in [1.82, 2.24) is 29.8 Å². The maximum atomic E-state index is 13.0. The van der Waals surface area contributed by atoms with Gasteiger partial charge in [0.1, 0.15) is 12.1 Å². The second kappa shape index (κ2) is 7.64. The van der Waals surface area contributed by atoms with Gasteiger partial charge in [-0.05, 0) is 52.9 Å². The van der Waals surface area contributed by atoms with Crippen molar-refractivity contribution in [2.75, 3.05) is 0 Å². The molecule has 0 unspecified atom stereocenters. The molecular weight excluding hydrogens is 394 g/mol. The maximum Gasteiger partial charge on any atom is 0.267 e. The van der Waals surface area contributed by atoms with E-state index in [-0.39, 0.29) is 11.4 Å². The van der Waals surface area contributed by atoms with Gasteiger partial charge in [0.2, 0.25) is 5.88 Å². The van der Waals surface area contributed by atoms with Crippen LogP contribution >= 0.6 is 0 Å². The smallest absolute Gasteiger partial charge is 0.267 e. The van der Waals surface area contributed by atoms with Crippen LogP contribution < -0.4 is 5.56 Å². The van der Waals surface area contributed by atoms with Gasteiger partial charge >= 0.3 is 0 Å². The van der Waals surface area contributed by atoms with Crippen LogP contribution in [0.25, 0.3) is 22.3 Å². The minimum Gasteiger partial charge on any atom is -0.494 e. The van der Waals surface area contributed by atoms with Crippen molar-refractivity contribution >= 4 is 22.7 Å². The van der Waals surface area contributed by atoms with Crippen LogP contribution in [-0.2, 0) is 0 Å². The summed E-state index contributed by atoms with van der Waals surface area (Å²) in [5, 5.41) is 23.1. The lowest BCUT2D eigenvalue weighted by Gasteiger charge is -2.12. The third-order valence-electron chi connectivity index (χ3n) is 4.79. The van der Waals surface area contributed by atoms with Gasteiger partial charge in [0.25, 0.3) is 5.56 Å². The highest BCUT2D eigenvalue weighted by Crippen LogP contribution is 2.26. The number of aromatic nitrogens is 6. The van der Waals surface area contributed by atoms with E-state index in [1.165, 1.54) is 15.6 Å². The lowest BCUT2D eigenvalue weighted by atomic mass is 10.1. The molecule has 0 spiro atoms. The Morgan fingerprint density at radius 2 is 1.71 bits per heavy atom. The van der Waals surface area contributed by atoms with E-state index in [9.17, 15) is 9.90 Å². The highest BCUT2D eigenvalue weighted by atomic mass is 16.3. The van der Waals surface area contributed by atoms with Crippen molar-refractivity contribution < 1.29 is 5.11 Å². The second-order valence-corrected chi connectivity index (χ2v) is 6.64. The van der Waals surface area contributed by atoms with Gasteiger partial charge in [0.15, 0.2) is 0 Å². The van der Waals surface area contributed by atoms with Crippen molar-refractivity contribution in [2.24, 2.45) is 4.99 Å². The summed E-state index contributed by atoms with van der Waals surface area (Å²) in [6.07, 6.45) is 4.61. The molecule has 3 heterocycles. The summed E-state index contributed by atoms with van der Waals surface area (Å²) in [6.45, 7) is 0. The van der Waals surface area contributed by atoms with Gasteiger partial charge in [0.05, 0.1) is 16.9 Å². The molecule has 5 rings (SSSR count). The Balaban J connectivity index is 1.62. The second-order valence-electron chi connectivity index (χ2n) is 6.64. The molecule has 9 nitrogen and oxygen atoms in total. The van der Waals surface area contributed by atoms with E-state index in [4.69, 9.17) is 0 Å². The third kappa shape index (κ3) is 3.33. The molecule has 0 bridgehead atoms. The van der Waals surface area contributed by atoms with Gasteiger partial charge < -0.3 is 5.11 Å². The molecule has 9 heteroatoms. The van der Waals surface area contributed by atoms with Crippen LogP contribution in [0.1, 0.15) is 5.56 Å². The fourth-order valence-corrected chi connectivity index (χ4v) is 3.30. The largest absolute Gasteiger partial charge is 0.494 e. The highest BCUT2D eigenvalue weighted by Gasteiger charge is 2.16. The number of tetrazole rings is 1. The first kappa shape index (κ1) is 18.4. The van der Waals surface area contributed by atoms with Crippen LogP contribution in [-0.4, -0.2) is 41.1 Å². The maximum absolute atomic E-state index is 13.0. The monoisotopic (exact) mass is 409 g/mol. The number of fused-ring (bicyclic) bond motifs is 1. The van der Waals surface area contributed by atoms with Gasteiger partial charge in [-0.1, -0.05) is 24.3 Å². The Morgan fingerprint density at radius 1 is 0.935 bits per heavy atom. The van der Waals surface area contributed by atoms with Crippen LogP contribution in [0.4, 0.5) is 5.69 Å². The quantitative estimate of drug-likeness (QED) is 0.457. The normalized spacial score (nSPS) is 11.4. The third-order valence-corrected chi connectivity index (χ3v) is 4.79. The number of rotatable bonds is 4. The number of aliphatic imine (C=N–C) groups is 1. The first-order valence-corrected chi connectivity index (χ1v) is 9.38. The topological polar surface area (TPSA) is 111 Å². The van der Waals surface area contributed by atoms with Crippen LogP contribution in [0.2, 0.25) is 0 Å². The molecule has 0 atom stereocenters. The molecule has 31 heavy (non-hydrogen) atoms. The van der Waals surface area contributed by atoms with E-state index < -0.39 is 0 Å². The zero-order chi connectivity index (χ0) is 21.2. The van der Waals surface area contributed by atoms with E-state index in [1.807, 2.05) is 30.3 Å². The van der Waals surface area contributed by atoms with Gasteiger partial charge in [-0.15, -0.1) is 5.10 Å². The molecule has 3 aromatic heterocycles. The van der Waals surface area contributed by atoms with E-state index in [1.54, 1.807) is 48.8 Å². The van der Waals surface area contributed by atoms with E-state index in [0.717, 1.165) is 5.69 Å². The minimum absolute atomic E-state index is 0.225. The molecule has 0 amide bonds. The Morgan fingerprint density at radius 3 is 2.42 bits per heavy atom. The first-order chi connectivity index (χ1) is 15.2. The number of pyridine rings is 2. The zero-order valence-corrected chi connectivity index (χ0v) is 16.1. The standard InChI is InChI=1S/C22H15N7O2/c30-21-18-6-2-1-5-17(18)19(22(31)29(21)20-7-3-4-12-23-20)13-24-15-8-10-16(11-9-15)28-14-25-26-27-28/h1-14,31H. The molecule has 2 aromatic carbocycles. The van der Waals surface area contributed by atoms with Gasteiger partial charge in [0, 0.05) is 23.2 Å². The number of hydrogen-bond acceptors (Lipinski definition) is 7. The fraction of sp³-hybridized carbons (Fsp3) is 0. The molecular formula is C22H15N7O2. The number of benzene rings is 2.